The smallest absolute Gasteiger partial charge is 0.306 e. The highest BCUT2D eigenvalue weighted by Gasteiger charge is 2.60. The van der Waals surface area contributed by atoms with E-state index < -0.39 is 22.8 Å². The largest absolute Gasteiger partial charge is 0.462 e. The van der Waals surface area contributed by atoms with Gasteiger partial charge in [-0.15, -0.1) is 6.58 Å². The zero-order chi connectivity index (χ0) is 30.8. The summed E-state index contributed by atoms with van der Waals surface area (Å²) in [6.45, 7) is 11.7. The number of rotatable bonds is 13. The summed E-state index contributed by atoms with van der Waals surface area (Å²) in [5.41, 5.74) is -0.204. The van der Waals surface area contributed by atoms with Crippen molar-refractivity contribution in [3.63, 3.8) is 0 Å². The Morgan fingerprint density at radius 1 is 1.09 bits per heavy atom. The predicted molar refractivity (Wildman–Crippen MR) is 164 cm³/mol. The first-order valence-corrected chi connectivity index (χ1v) is 16.2. The van der Waals surface area contributed by atoms with Crippen molar-refractivity contribution in [2.45, 2.75) is 97.2 Å². The fourth-order valence-corrected chi connectivity index (χ4v) is 6.89. The Morgan fingerprint density at radius 2 is 1.79 bits per heavy atom. The average molecular weight is 592 g/mol. The number of hydrogen-bond donors (Lipinski definition) is 1. The van der Waals surface area contributed by atoms with Gasteiger partial charge in [-0.25, -0.2) is 0 Å². The molecule has 4 aliphatic rings. The molecule has 4 fully saturated rings. The third-order valence-electron chi connectivity index (χ3n) is 9.99. The third kappa shape index (κ3) is 7.57. The Hall–Kier alpha value is -3.00. The van der Waals surface area contributed by atoms with Crippen molar-refractivity contribution in [3.8, 4) is 0 Å². The number of carbonyl (C=O) groups excluding carboxylic acids is 4. The molecule has 4 atom stereocenters. The molecule has 3 aliphatic carbocycles. The van der Waals surface area contributed by atoms with Crippen LogP contribution in [0.2, 0.25) is 0 Å². The van der Waals surface area contributed by atoms with Crippen LogP contribution >= 0.6 is 0 Å². The van der Waals surface area contributed by atoms with Crippen LogP contribution in [-0.2, 0) is 30.5 Å². The number of ether oxygens (including phenoxy) is 1. The molecule has 1 aromatic carbocycles. The average Bonchev–Trinajstić information content (AvgIpc) is 3.82. The lowest BCUT2D eigenvalue weighted by atomic mass is 9.77. The molecule has 1 heterocycles. The Bertz CT molecular complexity index is 1200. The maximum atomic E-state index is 14.3. The van der Waals surface area contributed by atoms with Crippen molar-refractivity contribution in [2.75, 3.05) is 19.8 Å². The lowest BCUT2D eigenvalue weighted by Gasteiger charge is -2.34. The molecule has 0 unspecified atom stereocenters. The molecule has 8 heteroatoms. The van der Waals surface area contributed by atoms with Crippen molar-refractivity contribution in [2.24, 2.45) is 28.6 Å². The Kier molecular flexibility index (Phi) is 9.45. The van der Waals surface area contributed by atoms with Gasteiger partial charge in [0, 0.05) is 26.1 Å². The molecular weight excluding hydrogens is 542 g/mol. The summed E-state index contributed by atoms with van der Waals surface area (Å²) in [6.07, 6.45) is 8.52. The zero-order valence-electron chi connectivity index (χ0n) is 26.2. The summed E-state index contributed by atoms with van der Waals surface area (Å²) < 4.78 is 5.75. The molecule has 1 N–H and O–H groups in total. The summed E-state index contributed by atoms with van der Waals surface area (Å²) in [7, 11) is 0. The fourth-order valence-electron chi connectivity index (χ4n) is 6.89. The van der Waals surface area contributed by atoms with Crippen LogP contribution in [0.25, 0.3) is 0 Å². The zero-order valence-corrected chi connectivity index (χ0v) is 26.2. The molecule has 1 aliphatic heterocycles. The molecule has 0 spiro atoms. The summed E-state index contributed by atoms with van der Waals surface area (Å²) in [4.78, 5) is 58.6. The van der Waals surface area contributed by atoms with E-state index in [1.165, 1.54) is 0 Å². The van der Waals surface area contributed by atoms with Gasteiger partial charge in [0.05, 0.1) is 24.4 Å². The Labute approximate surface area is 256 Å². The number of allylic oxidation sites excluding steroid dienone is 1. The number of Topliss-reactive ketones (excluding diaryl/α,β-unsaturated/α-hetero) is 1. The fraction of sp³-hybridized carbons (Fsp3) is 0.657. The highest BCUT2D eigenvalue weighted by Crippen LogP contribution is 2.56. The van der Waals surface area contributed by atoms with Crippen LogP contribution in [0, 0.1) is 28.6 Å². The summed E-state index contributed by atoms with van der Waals surface area (Å²) in [6, 6.07) is 9.32. The van der Waals surface area contributed by atoms with Crippen molar-refractivity contribution in [1.29, 1.82) is 0 Å². The van der Waals surface area contributed by atoms with Crippen LogP contribution < -0.4 is 5.32 Å². The van der Waals surface area contributed by atoms with Gasteiger partial charge in [0.15, 0.2) is 5.78 Å². The van der Waals surface area contributed by atoms with Gasteiger partial charge in [0.1, 0.15) is 12.1 Å². The minimum absolute atomic E-state index is 0.0129. The van der Waals surface area contributed by atoms with E-state index in [0.717, 1.165) is 44.1 Å². The number of benzene rings is 1. The molecule has 234 valence electrons. The van der Waals surface area contributed by atoms with Crippen LogP contribution in [0.1, 0.15) is 84.1 Å². The maximum Gasteiger partial charge on any atom is 0.306 e. The van der Waals surface area contributed by atoms with Crippen LogP contribution in [0.15, 0.2) is 43.0 Å². The number of esters is 1. The Morgan fingerprint density at radius 3 is 2.40 bits per heavy atom. The van der Waals surface area contributed by atoms with Gasteiger partial charge in [0.2, 0.25) is 11.8 Å². The van der Waals surface area contributed by atoms with Crippen molar-refractivity contribution in [3.05, 3.63) is 48.6 Å². The number of nitrogens with one attached hydrogen (secondary N) is 1. The maximum absolute atomic E-state index is 14.3. The number of carbonyl (C=O) groups is 4. The predicted octanol–water partition coefficient (Wildman–Crippen LogP) is 4.87. The van der Waals surface area contributed by atoms with Gasteiger partial charge in [-0.05, 0) is 67.8 Å². The standard InChI is InChI=1S/C35H49N3O5/c1-5-26-18-35(26,33(42)36-20-24-15-16-24)19-30(39)29-22-37(21-25-11-7-6-8-12-25)23-38(29)32(41)28(34(2,3)4)17-31(40)43-27-13-9-10-14-27/h5-8,11-12,24,26-29H,1,9-10,13-23H2,2-4H3,(H,36,42)/t26-,28-,29+,35-/m1/s1. The lowest BCUT2D eigenvalue weighted by molar-refractivity contribution is -0.156. The first-order chi connectivity index (χ1) is 20.5. The summed E-state index contributed by atoms with van der Waals surface area (Å²) in [5, 5.41) is 3.09. The van der Waals surface area contributed by atoms with Crippen molar-refractivity contribution in [1.82, 2.24) is 15.1 Å². The van der Waals surface area contributed by atoms with Gasteiger partial charge in [-0.2, -0.15) is 0 Å². The number of ketones is 1. The third-order valence-corrected chi connectivity index (χ3v) is 9.99. The van der Waals surface area contributed by atoms with E-state index in [4.69, 9.17) is 4.74 Å². The first kappa shape index (κ1) is 31.4. The van der Waals surface area contributed by atoms with Gasteiger partial charge in [0.25, 0.3) is 0 Å². The normalized spacial score (nSPS) is 26.6. The lowest BCUT2D eigenvalue weighted by Crippen LogP contribution is -2.49. The molecule has 43 heavy (non-hydrogen) atoms. The van der Waals surface area contributed by atoms with E-state index in [-0.39, 0.29) is 48.4 Å². The van der Waals surface area contributed by atoms with Crippen LogP contribution in [-0.4, -0.2) is 65.3 Å². The second-order valence-electron chi connectivity index (χ2n) is 14.5. The molecule has 0 radical (unpaired) electrons. The van der Waals surface area contributed by atoms with E-state index in [0.29, 0.717) is 38.6 Å². The van der Waals surface area contributed by atoms with E-state index >= 15 is 0 Å². The molecule has 5 rings (SSSR count). The van der Waals surface area contributed by atoms with E-state index in [2.05, 4.69) is 16.8 Å². The number of hydrogen-bond acceptors (Lipinski definition) is 6. The molecule has 8 nitrogen and oxygen atoms in total. The highest BCUT2D eigenvalue weighted by molar-refractivity contribution is 5.97. The highest BCUT2D eigenvalue weighted by atomic mass is 16.5. The van der Waals surface area contributed by atoms with Crippen LogP contribution in [0.4, 0.5) is 0 Å². The van der Waals surface area contributed by atoms with Gasteiger partial charge >= 0.3 is 5.97 Å². The molecule has 0 aromatic heterocycles. The Balaban J connectivity index is 1.34. The van der Waals surface area contributed by atoms with Crippen molar-refractivity contribution >= 4 is 23.6 Å². The number of nitrogens with zero attached hydrogens (tertiary/aromatic N) is 2. The number of amides is 2. The molecule has 1 saturated heterocycles. The van der Waals surface area contributed by atoms with E-state index in [9.17, 15) is 19.2 Å². The quantitative estimate of drug-likeness (QED) is 0.260. The molecule has 2 amide bonds. The summed E-state index contributed by atoms with van der Waals surface area (Å²) in [5.74, 6) is -0.857. The van der Waals surface area contributed by atoms with Gasteiger partial charge < -0.3 is 15.0 Å². The molecular formula is C35H49N3O5. The van der Waals surface area contributed by atoms with Crippen molar-refractivity contribution < 1.29 is 23.9 Å². The monoisotopic (exact) mass is 591 g/mol. The second-order valence-corrected chi connectivity index (χ2v) is 14.5. The molecule has 3 saturated carbocycles. The van der Waals surface area contributed by atoms with Gasteiger partial charge in [-0.3, -0.25) is 24.1 Å². The van der Waals surface area contributed by atoms with Gasteiger partial charge in [-0.1, -0.05) is 57.2 Å². The van der Waals surface area contributed by atoms with E-state index in [1.807, 2.05) is 51.1 Å². The minimum atomic E-state index is -0.788. The van der Waals surface area contributed by atoms with Crippen LogP contribution in [0.3, 0.4) is 0 Å². The molecule has 0 bridgehead atoms. The van der Waals surface area contributed by atoms with E-state index in [1.54, 1.807) is 11.0 Å². The summed E-state index contributed by atoms with van der Waals surface area (Å²) >= 11 is 0. The van der Waals surface area contributed by atoms with Crippen LogP contribution in [0.5, 0.6) is 0 Å². The second kappa shape index (κ2) is 12.9. The SMILES string of the molecule is C=C[C@@H]1C[C@]1(CC(=O)[C@@H]1CN(Cc2ccccc2)CN1C(=O)[C@@H](CC(=O)OC1CCCC1)C(C)(C)C)C(=O)NCC1CC1. The first-order valence-electron chi connectivity index (χ1n) is 16.2. The topological polar surface area (TPSA) is 96.0 Å². The molecule has 1 aromatic rings. The minimum Gasteiger partial charge on any atom is -0.462 e.